The zero-order valence-electron chi connectivity index (χ0n) is 17.2. The fourth-order valence-electron chi connectivity index (χ4n) is 3.85. The second-order valence-electron chi connectivity index (χ2n) is 7.71. The molecule has 7 heteroatoms. The van der Waals surface area contributed by atoms with Gasteiger partial charge < -0.3 is 25.7 Å². The van der Waals surface area contributed by atoms with E-state index in [0.29, 0.717) is 19.0 Å². The van der Waals surface area contributed by atoms with Gasteiger partial charge >= 0.3 is 0 Å². The Morgan fingerprint density at radius 1 is 1.00 bits per heavy atom. The molecule has 0 aliphatic carbocycles. The van der Waals surface area contributed by atoms with Crippen LogP contribution in [-0.4, -0.2) is 31.6 Å². The zero-order valence-corrected chi connectivity index (χ0v) is 17.2. The fourth-order valence-corrected chi connectivity index (χ4v) is 3.85. The number of rotatable bonds is 7. The number of hydrogen-bond acceptors (Lipinski definition) is 5. The summed E-state index contributed by atoms with van der Waals surface area (Å²) in [6.07, 6.45) is 4.52. The van der Waals surface area contributed by atoms with E-state index in [1.165, 1.54) is 10.9 Å². The summed E-state index contributed by atoms with van der Waals surface area (Å²) >= 11 is 0. The molecule has 31 heavy (non-hydrogen) atoms. The Morgan fingerprint density at radius 2 is 1.90 bits per heavy atom. The van der Waals surface area contributed by atoms with Gasteiger partial charge in [0.15, 0.2) is 0 Å². The van der Waals surface area contributed by atoms with Crippen molar-refractivity contribution in [2.45, 2.75) is 19.9 Å². The SMILES string of the molecule is Cc1cc2cc(CNc3ccnc(NCCc4c[nH]c5ccc(O)cc45)n3)ccc2[nH]1. The standard InChI is InChI=1S/C24H24N6O/c1-15-10-18-11-16(2-4-21(18)29-15)13-28-23-7-9-26-24(30-23)25-8-6-17-14-27-22-5-3-19(31)12-20(17)22/h2-5,7,9-12,14,27,29,31H,6,8,13H2,1H3,(H2,25,26,28,30). The number of aromatic nitrogens is 4. The van der Waals surface area contributed by atoms with E-state index in [9.17, 15) is 5.11 Å². The van der Waals surface area contributed by atoms with E-state index in [2.05, 4.69) is 61.8 Å². The van der Waals surface area contributed by atoms with Crippen LogP contribution in [0.2, 0.25) is 0 Å². The second-order valence-corrected chi connectivity index (χ2v) is 7.71. The molecule has 0 saturated carbocycles. The number of nitrogens with one attached hydrogen (secondary N) is 4. The molecular formula is C24H24N6O. The summed E-state index contributed by atoms with van der Waals surface area (Å²) in [5, 5.41) is 18.6. The van der Waals surface area contributed by atoms with Crippen LogP contribution in [0.25, 0.3) is 21.8 Å². The Bertz CT molecular complexity index is 1350. The second kappa shape index (κ2) is 8.02. The predicted molar refractivity (Wildman–Crippen MR) is 125 cm³/mol. The van der Waals surface area contributed by atoms with Crippen molar-refractivity contribution in [1.29, 1.82) is 0 Å². The van der Waals surface area contributed by atoms with Crippen molar-refractivity contribution in [2.24, 2.45) is 0 Å². The van der Waals surface area contributed by atoms with Gasteiger partial charge in [0.25, 0.3) is 0 Å². The molecule has 0 amide bonds. The number of aryl methyl sites for hydroxylation is 1. The van der Waals surface area contributed by atoms with Crippen molar-refractivity contribution in [3.63, 3.8) is 0 Å². The molecule has 0 aliphatic rings. The maximum atomic E-state index is 9.73. The molecule has 0 saturated heterocycles. The van der Waals surface area contributed by atoms with Crippen LogP contribution >= 0.6 is 0 Å². The molecule has 5 aromatic rings. The van der Waals surface area contributed by atoms with Gasteiger partial charge in [-0.15, -0.1) is 0 Å². The number of fused-ring (bicyclic) bond motifs is 2. The fraction of sp³-hybridized carbons (Fsp3) is 0.167. The Labute approximate surface area is 179 Å². The van der Waals surface area contributed by atoms with E-state index < -0.39 is 0 Å². The van der Waals surface area contributed by atoms with Crippen molar-refractivity contribution >= 4 is 33.6 Å². The Kier molecular flexibility index (Phi) is 4.92. The lowest BCUT2D eigenvalue weighted by Gasteiger charge is -2.09. The van der Waals surface area contributed by atoms with Crippen LogP contribution in [0, 0.1) is 6.92 Å². The summed E-state index contributed by atoms with van der Waals surface area (Å²) in [5.41, 5.74) is 5.67. The summed E-state index contributed by atoms with van der Waals surface area (Å²) in [4.78, 5) is 15.5. The number of aromatic hydroxyl groups is 1. The average Bonchev–Trinajstić information content (AvgIpc) is 3.34. The van der Waals surface area contributed by atoms with Gasteiger partial charge in [0, 0.05) is 47.6 Å². The number of aromatic amines is 2. The lowest BCUT2D eigenvalue weighted by Crippen LogP contribution is -2.09. The number of H-pyrrole nitrogens is 2. The summed E-state index contributed by atoms with van der Waals surface area (Å²) in [6, 6.07) is 15.8. The molecule has 2 aromatic carbocycles. The maximum absolute atomic E-state index is 9.73. The van der Waals surface area contributed by atoms with E-state index in [1.807, 2.05) is 18.3 Å². The van der Waals surface area contributed by atoms with Gasteiger partial charge in [0.1, 0.15) is 11.6 Å². The highest BCUT2D eigenvalue weighted by Gasteiger charge is 2.06. The summed E-state index contributed by atoms with van der Waals surface area (Å²) in [5.74, 6) is 1.64. The van der Waals surface area contributed by atoms with E-state index in [0.717, 1.165) is 39.9 Å². The van der Waals surface area contributed by atoms with Gasteiger partial charge in [-0.3, -0.25) is 0 Å². The van der Waals surface area contributed by atoms with Crippen LogP contribution in [0.15, 0.2) is 60.9 Å². The van der Waals surface area contributed by atoms with Crippen LogP contribution < -0.4 is 10.6 Å². The first-order valence-corrected chi connectivity index (χ1v) is 10.3. The number of nitrogens with zero attached hydrogens (tertiary/aromatic N) is 2. The quantitative estimate of drug-likeness (QED) is 0.266. The summed E-state index contributed by atoms with van der Waals surface area (Å²) < 4.78 is 0. The van der Waals surface area contributed by atoms with Crippen molar-refractivity contribution in [3.8, 4) is 5.75 Å². The van der Waals surface area contributed by atoms with Gasteiger partial charge in [0.2, 0.25) is 5.95 Å². The Balaban J connectivity index is 1.20. The molecule has 5 N–H and O–H groups in total. The zero-order chi connectivity index (χ0) is 21.2. The highest BCUT2D eigenvalue weighted by molar-refractivity contribution is 5.84. The molecule has 7 nitrogen and oxygen atoms in total. The molecule has 3 heterocycles. The van der Waals surface area contributed by atoms with Gasteiger partial charge in [-0.2, -0.15) is 4.98 Å². The number of phenols is 1. The molecule has 0 atom stereocenters. The van der Waals surface area contributed by atoms with E-state index >= 15 is 0 Å². The largest absolute Gasteiger partial charge is 0.508 e. The number of phenolic OH excluding ortho intramolecular Hbond substituents is 1. The molecule has 0 aliphatic heterocycles. The maximum Gasteiger partial charge on any atom is 0.224 e. The van der Waals surface area contributed by atoms with Gasteiger partial charge in [-0.25, -0.2) is 4.98 Å². The first-order chi connectivity index (χ1) is 15.1. The third-order valence-electron chi connectivity index (χ3n) is 5.38. The Morgan fingerprint density at radius 3 is 2.84 bits per heavy atom. The highest BCUT2D eigenvalue weighted by atomic mass is 16.3. The summed E-state index contributed by atoms with van der Waals surface area (Å²) in [7, 11) is 0. The predicted octanol–water partition coefficient (Wildman–Crippen LogP) is 4.72. The number of benzene rings is 2. The molecule has 0 fully saturated rings. The molecule has 156 valence electrons. The van der Waals surface area contributed by atoms with Crippen molar-refractivity contribution < 1.29 is 5.11 Å². The Hall–Kier alpha value is -4.00. The highest BCUT2D eigenvalue weighted by Crippen LogP contribution is 2.23. The minimum Gasteiger partial charge on any atom is -0.508 e. The number of hydrogen-bond donors (Lipinski definition) is 5. The van der Waals surface area contributed by atoms with Crippen LogP contribution in [0.5, 0.6) is 5.75 Å². The molecule has 0 bridgehead atoms. The van der Waals surface area contributed by atoms with Crippen molar-refractivity contribution in [3.05, 3.63) is 77.7 Å². The first kappa shape index (κ1) is 19.0. The lowest BCUT2D eigenvalue weighted by molar-refractivity contribution is 0.476. The van der Waals surface area contributed by atoms with Crippen LogP contribution in [0.1, 0.15) is 16.8 Å². The normalized spacial score (nSPS) is 11.3. The average molecular weight is 412 g/mol. The molecule has 3 aromatic heterocycles. The smallest absolute Gasteiger partial charge is 0.224 e. The molecule has 0 unspecified atom stereocenters. The van der Waals surface area contributed by atoms with Gasteiger partial charge in [0.05, 0.1) is 0 Å². The third kappa shape index (κ3) is 4.16. The van der Waals surface area contributed by atoms with Crippen molar-refractivity contribution in [2.75, 3.05) is 17.2 Å². The van der Waals surface area contributed by atoms with E-state index in [-0.39, 0.29) is 5.75 Å². The summed E-state index contributed by atoms with van der Waals surface area (Å²) in [6.45, 7) is 3.45. The first-order valence-electron chi connectivity index (χ1n) is 10.3. The molecule has 0 spiro atoms. The van der Waals surface area contributed by atoms with Gasteiger partial charge in [-0.05, 0) is 72.3 Å². The van der Waals surface area contributed by atoms with Crippen LogP contribution in [-0.2, 0) is 13.0 Å². The monoisotopic (exact) mass is 412 g/mol. The minimum atomic E-state index is 0.272. The van der Waals surface area contributed by atoms with E-state index in [1.54, 1.807) is 18.3 Å². The third-order valence-corrected chi connectivity index (χ3v) is 5.38. The van der Waals surface area contributed by atoms with E-state index in [4.69, 9.17) is 0 Å². The minimum absolute atomic E-state index is 0.272. The van der Waals surface area contributed by atoms with Crippen molar-refractivity contribution in [1.82, 2.24) is 19.9 Å². The topological polar surface area (TPSA) is 102 Å². The molecule has 0 radical (unpaired) electrons. The van der Waals surface area contributed by atoms with Gasteiger partial charge in [-0.1, -0.05) is 6.07 Å². The number of anilines is 2. The lowest BCUT2D eigenvalue weighted by atomic mass is 10.1. The van der Waals surface area contributed by atoms with Crippen LogP contribution in [0.3, 0.4) is 0 Å². The molecular weight excluding hydrogens is 388 g/mol. The molecule has 5 rings (SSSR count). The van der Waals surface area contributed by atoms with Crippen LogP contribution in [0.4, 0.5) is 11.8 Å².